The van der Waals surface area contributed by atoms with Crippen LogP contribution in [0, 0.1) is 0 Å². The standard InChI is InChI=1S/C26H26N2O3/c1-25(2)21-12-8-9-13-22(21)28(20-10-6-5-7-11-20)26(25)15-14-18-16-19(27-30-4)17-23(29-3)24(18)31-26/h5-17,27H,1-4H3. The van der Waals surface area contributed by atoms with E-state index in [4.69, 9.17) is 14.3 Å². The van der Waals surface area contributed by atoms with E-state index in [1.54, 1.807) is 14.2 Å². The van der Waals surface area contributed by atoms with Gasteiger partial charge in [-0.2, -0.15) is 0 Å². The smallest absolute Gasteiger partial charge is 0.216 e. The number of para-hydroxylation sites is 2. The van der Waals surface area contributed by atoms with Gasteiger partial charge >= 0.3 is 0 Å². The lowest BCUT2D eigenvalue weighted by atomic mass is 9.76. The van der Waals surface area contributed by atoms with Crippen LogP contribution in [0.1, 0.15) is 25.0 Å². The summed E-state index contributed by atoms with van der Waals surface area (Å²) in [6.07, 6.45) is 4.28. The molecule has 0 amide bonds. The molecule has 2 heterocycles. The summed E-state index contributed by atoms with van der Waals surface area (Å²) in [5.74, 6) is 1.37. The van der Waals surface area contributed by atoms with Gasteiger partial charge in [-0.1, -0.05) is 36.4 Å². The third kappa shape index (κ3) is 2.73. The molecule has 0 aromatic heterocycles. The SMILES string of the molecule is CONc1cc2c(c(OC)c1)OC1(C=C2)N(c2ccccc2)c2ccccc2C1(C)C. The summed E-state index contributed by atoms with van der Waals surface area (Å²) in [5, 5.41) is 0. The van der Waals surface area contributed by atoms with Crippen LogP contribution < -0.4 is 19.9 Å². The Morgan fingerprint density at radius 3 is 2.42 bits per heavy atom. The Hall–Kier alpha value is -3.44. The number of rotatable bonds is 4. The lowest BCUT2D eigenvalue weighted by Crippen LogP contribution is -2.57. The highest BCUT2D eigenvalue weighted by Gasteiger charge is 2.59. The summed E-state index contributed by atoms with van der Waals surface area (Å²) in [4.78, 5) is 7.38. The maximum absolute atomic E-state index is 6.95. The fourth-order valence-electron chi connectivity index (χ4n) is 4.79. The first-order valence-corrected chi connectivity index (χ1v) is 10.4. The van der Waals surface area contributed by atoms with Crippen molar-refractivity contribution in [1.29, 1.82) is 0 Å². The van der Waals surface area contributed by atoms with Gasteiger partial charge in [-0.3, -0.25) is 15.2 Å². The molecule has 0 fully saturated rings. The van der Waals surface area contributed by atoms with Gasteiger partial charge in [-0.05, 0) is 55.8 Å². The molecule has 2 aliphatic rings. The van der Waals surface area contributed by atoms with Gasteiger partial charge in [0.15, 0.2) is 11.5 Å². The summed E-state index contributed by atoms with van der Waals surface area (Å²) in [6, 6.07) is 22.8. The van der Waals surface area contributed by atoms with Crippen LogP contribution in [0.5, 0.6) is 11.5 Å². The van der Waals surface area contributed by atoms with Crippen molar-refractivity contribution >= 4 is 23.1 Å². The van der Waals surface area contributed by atoms with Crippen molar-refractivity contribution in [2.75, 3.05) is 24.6 Å². The second kappa shape index (κ2) is 7.06. The molecule has 0 aliphatic carbocycles. The summed E-state index contributed by atoms with van der Waals surface area (Å²) in [5.41, 5.74) is 6.98. The number of hydrogen-bond acceptors (Lipinski definition) is 5. The Morgan fingerprint density at radius 2 is 1.68 bits per heavy atom. The van der Waals surface area contributed by atoms with Crippen molar-refractivity contribution in [3.63, 3.8) is 0 Å². The number of nitrogens with zero attached hydrogens (tertiary/aromatic N) is 1. The monoisotopic (exact) mass is 414 g/mol. The Labute approximate surface area is 182 Å². The molecule has 5 rings (SSSR count). The third-order valence-corrected chi connectivity index (χ3v) is 6.33. The highest BCUT2D eigenvalue weighted by molar-refractivity contribution is 5.81. The minimum atomic E-state index is -0.755. The molecule has 5 nitrogen and oxygen atoms in total. The fourth-order valence-corrected chi connectivity index (χ4v) is 4.79. The van der Waals surface area contributed by atoms with Crippen LogP contribution in [0.4, 0.5) is 17.1 Å². The number of ether oxygens (including phenoxy) is 2. The van der Waals surface area contributed by atoms with Crippen LogP contribution in [-0.2, 0) is 10.3 Å². The predicted molar refractivity (Wildman–Crippen MR) is 124 cm³/mol. The first-order valence-electron chi connectivity index (χ1n) is 10.4. The lowest BCUT2D eigenvalue weighted by Gasteiger charge is -2.47. The van der Waals surface area contributed by atoms with E-state index in [0.29, 0.717) is 11.5 Å². The van der Waals surface area contributed by atoms with E-state index in [2.05, 4.69) is 84.9 Å². The van der Waals surface area contributed by atoms with Crippen LogP contribution >= 0.6 is 0 Å². The van der Waals surface area contributed by atoms with Crippen LogP contribution in [0.3, 0.4) is 0 Å². The normalized spacial score (nSPS) is 20.2. The number of benzene rings is 3. The zero-order valence-corrected chi connectivity index (χ0v) is 18.2. The Bertz CT molecular complexity index is 1160. The molecule has 31 heavy (non-hydrogen) atoms. The lowest BCUT2D eigenvalue weighted by molar-refractivity contribution is 0.0599. The Morgan fingerprint density at radius 1 is 0.935 bits per heavy atom. The maximum atomic E-state index is 6.95. The first kappa shape index (κ1) is 19.5. The van der Waals surface area contributed by atoms with Crippen LogP contribution in [0.2, 0.25) is 0 Å². The largest absolute Gasteiger partial charge is 0.493 e. The fraction of sp³-hybridized carbons (Fsp3) is 0.231. The minimum absolute atomic E-state index is 0.331. The minimum Gasteiger partial charge on any atom is -0.493 e. The van der Waals surface area contributed by atoms with E-state index >= 15 is 0 Å². The molecular weight excluding hydrogens is 388 g/mol. The molecule has 5 heteroatoms. The van der Waals surface area contributed by atoms with E-state index in [-0.39, 0.29) is 5.41 Å². The van der Waals surface area contributed by atoms with Crippen molar-refractivity contribution < 1.29 is 14.3 Å². The van der Waals surface area contributed by atoms with Gasteiger partial charge in [0, 0.05) is 23.0 Å². The predicted octanol–water partition coefficient (Wildman–Crippen LogP) is 5.90. The topological polar surface area (TPSA) is 43.0 Å². The van der Waals surface area contributed by atoms with Crippen molar-refractivity contribution in [1.82, 2.24) is 0 Å². The Kier molecular flexibility index (Phi) is 4.45. The van der Waals surface area contributed by atoms with Crippen LogP contribution in [0.15, 0.2) is 72.8 Å². The van der Waals surface area contributed by atoms with E-state index < -0.39 is 5.72 Å². The molecule has 3 aromatic rings. The zero-order valence-electron chi connectivity index (χ0n) is 18.2. The first-order chi connectivity index (χ1) is 15.0. The van der Waals surface area contributed by atoms with E-state index in [1.165, 1.54) is 5.56 Å². The van der Waals surface area contributed by atoms with Gasteiger partial charge in [0.05, 0.1) is 25.3 Å². The number of nitrogens with one attached hydrogen (secondary N) is 1. The van der Waals surface area contributed by atoms with Crippen LogP contribution in [0.25, 0.3) is 6.08 Å². The van der Waals surface area contributed by atoms with Crippen molar-refractivity contribution in [3.05, 3.63) is 83.9 Å². The molecule has 0 saturated heterocycles. The van der Waals surface area contributed by atoms with Crippen molar-refractivity contribution in [3.8, 4) is 11.5 Å². The van der Waals surface area contributed by atoms with E-state index in [9.17, 15) is 0 Å². The van der Waals surface area contributed by atoms with Crippen molar-refractivity contribution in [2.45, 2.75) is 25.0 Å². The molecule has 2 aliphatic heterocycles. The molecular formula is C26H26N2O3. The quantitative estimate of drug-likeness (QED) is 0.539. The number of anilines is 3. The summed E-state index contributed by atoms with van der Waals surface area (Å²) in [6.45, 7) is 4.47. The van der Waals surface area contributed by atoms with Gasteiger partial charge in [0.2, 0.25) is 5.72 Å². The summed E-state index contributed by atoms with van der Waals surface area (Å²) >= 11 is 0. The third-order valence-electron chi connectivity index (χ3n) is 6.33. The Balaban J connectivity index is 1.73. The second-order valence-corrected chi connectivity index (χ2v) is 8.35. The van der Waals surface area contributed by atoms with Gasteiger partial charge in [-0.25, -0.2) is 0 Å². The highest BCUT2D eigenvalue weighted by atomic mass is 16.6. The van der Waals surface area contributed by atoms with E-state index in [1.807, 2.05) is 18.2 Å². The average molecular weight is 415 g/mol. The van der Waals surface area contributed by atoms with E-state index in [0.717, 1.165) is 22.6 Å². The molecule has 1 spiro atoms. The van der Waals surface area contributed by atoms with Crippen LogP contribution in [-0.4, -0.2) is 19.9 Å². The van der Waals surface area contributed by atoms with Gasteiger partial charge in [0.25, 0.3) is 0 Å². The molecule has 1 N–H and O–H groups in total. The second-order valence-electron chi connectivity index (χ2n) is 8.35. The van der Waals surface area contributed by atoms with Gasteiger partial charge < -0.3 is 9.47 Å². The highest BCUT2D eigenvalue weighted by Crippen LogP contribution is 2.58. The van der Waals surface area contributed by atoms with Crippen molar-refractivity contribution in [2.24, 2.45) is 0 Å². The number of fused-ring (bicyclic) bond motifs is 2. The van der Waals surface area contributed by atoms with Gasteiger partial charge in [-0.15, -0.1) is 0 Å². The number of methoxy groups -OCH3 is 1. The molecule has 1 unspecified atom stereocenters. The maximum Gasteiger partial charge on any atom is 0.216 e. The molecule has 3 aromatic carbocycles. The molecule has 1 atom stereocenters. The molecule has 158 valence electrons. The zero-order chi connectivity index (χ0) is 21.6. The van der Waals surface area contributed by atoms with Gasteiger partial charge in [0.1, 0.15) is 0 Å². The molecule has 0 bridgehead atoms. The average Bonchev–Trinajstić information content (AvgIpc) is 2.98. The number of hydrogen-bond donors (Lipinski definition) is 1. The summed E-state index contributed by atoms with van der Waals surface area (Å²) < 4.78 is 12.7. The summed E-state index contributed by atoms with van der Waals surface area (Å²) in [7, 11) is 3.24. The molecule has 0 saturated carbocycles. The molecule has 0 radical (unpaired) electrons.